The summed E-state index contributed by atoms with van der Waals surface area (Å²) in [5, 5.41) is 3.27. The second kappa shape index (κ2) is 6.52. The molecule has 4 heteroatoms. The molecular weight excluding hydrogens is 292 g/mol. The fourth-order valence-electron chi connectivity index (χ4n) is 1.53. The van der Waals surface area contributed by atoms with Gasteiger partial charge in [-0.05, 0) is 46.2 Å². The van der Waals surface area contributed by atoms with E-state index in [9.17, 15) is 0 Å². The Balaban J connectivity index is 2.12. The molecule has 1 N–H and O–H groups in total. The minimum Gasteiger partial charge on any atom is -0.438 e. The third-order valence-corrected chi connectivity index (χ3v) is 3.08. The molecule has 2 rings (SSSR count). The molecule has 3 nitrogen and oxygen atoms in total. The third kappa shape index (κ3) is 3.55. The smallest absolute Gasteiger partial charge is 0.219 e. The molecule has 0 saturated carbocycles. The van der Waals surface area contributed by atoms with Crippen LogP contribution < -0.4 is 10.1 Å². The highest BCUT2D eigenvalue weighted by Gasteiger charge is 2.03. The number of hydrogen-bond donors (Lipinski definition) is 1. The number of para-hydroxylation sites is 1. The van der Waals surface area contributed by atoms with Crippen LogP contribution in [0.25, 0.3) is 0 Å². The number of hydrogen-bond acceptors (Lipinski definition) is 3. The van der Waals surface area contributed by atoms with Crippen molar-refractivity contribution in [2.45, 2.75) is 13.5 Å². The number of benzene rings is 1. The van der Waals surface area contributed by atoms with Gasteiger partial charge in [0.1, 0.15) is 5.75 Å². The van der Waals surface area contributed by atoms with Crippen molar-refractivity contribution >= 4 is 15.9 Å². The van der Waals surface area contributed by atoms with Crippen LogP contribution in [0, 0.1) is 0 Å². The molecule has 0 saturated heterocycles. The van der Waals surface area contributed by atoms with Crippen molar-refractivity contribution in [3.8, 4) is 11.6 Å². The molecule has 0 aliphatic rings. The van der Waals surface area contributed by atoms with E-state index in [-0.39, 0.29) is 0 Å². The Labute approximate surface area is 115 Å². The van der Waals surface area contributed by atoms with Crippen LogP contribution in [-0.4, -0.2) is 11.5 Å². The maximum atomic E-state index is 5.74. The second-order valence-electron chi connectivity index (χ2n) is 3.82. The molecule has 0 aliphatic carbocycles. The van der Waals surface area contributed by atoms with Crippen molar-refractivity contribution in [2.75, 3.05) is 6.54 Å². The molecule has 0 aliphatic heterocycles. The summed E-state index contributed by atoms with van der Waals surface area (Å²) in [5.74, 6) is 1.38. The van der Waals surface area contributed by atoms with Crippen LogP contribution in [0.3, 0.4) is 0 Å². The van der Waals surface area contributed by atoms with E-state index < -0.39 is 0 Å². The molecule has 1 aromatic heterocycles. The van der Waals surface area contributed by atoms with E-state index in [1.165, 1.54) is 0 Å². The Morgan fingerprint density at radius 3 is 2.89 bits per heavy atom. The topological polar surface area (TPSA) is 34.2 Å². The number of nitrogens with zero attached hydrogens (tertiary/aromatic N) is 1. The number of aromatic nitrogens is 1. The zero-order valence-electron chi connectivity index (χ0n) is 10.2. The highest BCUT2D eigenvalue weighted by atomic mass is 79.9. The Bertz CT molecular complexity index is 517. The molecule has 1 aromatic carbocycles. The highest BCUT2D eigenvalue weighted by molar-refractivity contribution is 9.10. The molecule has 1 heterocycles. The van der Waals surface area contributed by atoms with Gasteiger partial charge in [-0.1, -0.05) is 19.1 Å². The van der Waals surface area contributed by atoms with Crippen LogP contribution in [0.1, 0.15) is 12.5 Å². The lowest BCUT2D eigenvalue weighted by atomic mass is 10.2. The summed E-state index contributed by atoms with van der Waals surface area (Å²) in [5.41, 5.74) is 1.16. The van der Waals surface area contributed by atoms with Crippen molar-refractivity contribution in [1.29, 1.82) is 0 Å². The van der Waals surface area contributed by atoms with E-state index in [2.05, 4.69) is 33.2 Å². The van der Waals surface area contributed by atoms with Gasteiger partial charge in [0.15, 0.2) is 0 Å². The quantitative estimate of drug-likeness (QED) is 0.913. The van der Waals surface area contributed by atoms with Crippen LogP contribution in [0.4, 0.5) is 0 Å². The number of ether oxygens (including phenoxy) is 1. The van der Waals surface area contributed by atoms with Crippen LogP contribution in [0.15, 0.2) is 47.1 Å². The van der Waals surface area contributed by atoms with Gasteiger partial charge in [0.05, 0.1) is 4.47 Å². The normalized spacial score (nSPS) is 10.3. The SMILES string of the molecule is CCNCc1ccnc(Oc2ccccc2Br)c1. The summed E-state index contributed by atoms with van der Waals surface area (Å²) in [6.07, 6.45) is 1.76. The Hall–Kier alpha value is -1.39. The zero-order chi connectivity index (χ0) is 12.8. The highest BCUT2D eigenvalue weighted by Crippen LogP contribution is 2.28. The van der Waals surface area contributed by atoms with Crippen LogP contribution in [0.5, 0.6) is 11.6 Å². The monoisotopic (exact) mass is 306 g/mol. The Kier molecular flexibility index (Phi) is 4.73. The summed E-state index contributed by atoms with van der Waals surface area (Å²) in [7, 11) is 0. The first kappa shape index (κ1) is 13.1. The van der Waals surface area contributed by atoms with E-state index in [0.29, 0.717) is 5.88 Å². The maximum Gasteiger partial charge on any atom is 0.219 e. The largest absolute Gasteiger partial charge is 0.438 e. The summed E-state index contributed by atoms with van der Waals surface area (Å²) < 4.78 is 6.66. The van der Waals surface area contributed by atoms with Gasteiger partial charge >= 0.3 is 0 Å². The van der Waals surface area contributed by atoms with Crippen LogP contribution in [-0.2, 0) is 6.54 Å². The van der Waals surface area contributed by atoms with E-state index in [4.69, 9.17) is 4.74 Å². The second-order valence-corrected chi connectivity index (χ2v) is 4.67. The van der Waals surface area contributed by atoms with Crippen molar-refractivity contribution in [3.63, 3.8) is 0 Å². The minimum absolute atomic E-state index is 0.609. The molecule has 0 spiro atoms. The van der Waals surface area contributed by atoms with Gasteiger partial charge in [-0.3, -0.25) is 0 Å². The van der Waals surface area contributed by atoms with Gasteiger partial charge in [-0.2, -0.15) is 0 Å². The van der Waals surface area contributed by atoms with Gasteiger partial charge in [-0.15, -0.1) is 0 Å². The first-order valence-corrected chi connectivity index (χ1v) is 6.67. The third-order valence-electron chi connectivity index (χ3n) is 2.43. The van der Waals surface area contributed by atoms with Gasteiger partial charge in [0, 0.05) is 18.8 Å². The fourth-order valence-corrected chi connectivity index (χ4v) is 1.89. The molecule has 0 fully saturated rings. The zero-order valence-corrected chi connectivity index (χ0v) is 11.8. The molecule has 2 aromatic rings. The van der Waals surface area contributed by atoms with Gasteiger partial charge < -0.3 is 10.1 Å². The Morgan fingerprint density at radius 1 is 1.28 bits per heavy atom. The molecule has 0 bridgehead atoms. The molecule has 0 atom stereocenters. The molecule has 18 heavy (non-hydrogen) atoms. The lowest BCUT2D eigenvalue weighted by Gasteiger charge is -2.08. The molecule has 0 radical (unpaired) electrons. The average Bonchev–Trinajstić information content (AvgIpc) is 2.40. The number of pyridine rings is 1. The Morgan fingerprint density at radius 2 is 2.11 bits per heavy atom. The number of halogens is 1. The van der Waals surface area contributed by atoms with Crippen LogP contribution in [0.2, 0.25) is 0 Å². The average molecular weight is 307 g/mol. The van der Waals surface area contributed by atoms with Gasteiger partial charge in [-0.25, -0.2) is 4.98 Å². The molecular formula is C14H15BrN2O. The van der Waals surface area contributed by atoms with E-state index in [0.717, 1.165) is 28.9 Å². The predicted molar refractivity (Wildman–Crippen MR) is 75.8 cm³/mol. The summed E-state index contributed by atoms with van der Waals surface area (Å²) in [4.78, 5) is 4.21. The van der Waals surface area contributed by atoms with E-state index in [1.54, 1.807) is 6.20 Å². The molecule has 0 amide bonds. The van der Waals surface area contributed by atoms with Gasteiger partial charge in [0.25, 0.3) is 0 Å². The number of rotatable bonds is 5. The van der Waals surface area contributed by atoms with Crippen molar-refractivity contribution < 1.29 is 4.74 Å². The first-order valence-electron chi connectivity index (χ1n) is 5.87. The first-order chi connectivity index (χ1) is 8.79. The van der Waals surface area contributed by atoms with Crippen molar-refractivity contribution in [1.82, 2.24) is 10.3 Å². The maximum absolute atomic E-state index is 5.74. The van der Waals surface area contributed by atoms with Crippen molar-refractivity contribution in [3.05, 3.63) is 52.6 Å². The summed E-state index contributed by atoms with van der Waals surface area (Å²) in [6.45, 7) is 3.85. The van der Waals surface area contributed by atoms with Gasteiger partial charge in [0.2, 0.25) is 5.88 Å². The van der Waals surface area contributed by atoms with E-state index in [1.807, 2.05) is 36.4 Å². The minimum atomic E-state index is 0.609. The molecule has 0 unspecified atom stereocenters. The summed E-state index contributed by atoms with van der Waals surface area (Å²) in [6, 6.07) is 11.7. The fraction of sp³-hybridized carbons (Fsp3) is 0.214. The lowest BCUT2D eigenvalue weighted by molar-refractivity contribution is 0.459. The standard InChI is InChI=1S/C14H15BrN2O/c1-2-16-10-11-7-8-17-14(9-11)18-13-6-4-3-5-12(13)15/h3-9,16H,2,10H2,1H3. The number of nitrogens with one attached hydrogen (secondary N) is 1. The van der Waals surface area contributed by atoms with Crippen molar-refractivity contribution in [2.24, 2.45) is 0 Å². The summed E-state index contributed by atoms with van der Waals surface area (Å²) >= 11 is 3.45. The lowest BCUT2D eigenvalue weighted by Crippen LogP contribution is -2.11. The predicted octanol–water partition coefficient (Wildman–Crippen LogP) is 3.75. The van der Waals surface area contributed by atoms with Crippen LogP contribution >= 0.6 is 15.9 Å². The molecule has 94 valence electrons. The van der Waals surface area contributed by atoms with E-state index >= 15 is 0 Å².